The summed E-state index contributed by atoms with van der Waals surface area (Å²) in [6.45, 7) is 3.48. The van der Waals surface area contributed by atoms with Crippen molar-refractivity contribution in [1.82, 2.24) is 9.80 Å². The number of carbonyl (C=O) groups is 2. The third kappa shape index (κ3) is 2.91. The Morgan fingerprint density at radius 3 is 2.40 bits per heavy atom. The largest absolute Gasteiger partial charge is 0.481 e. The maximum absolute atomic E-state index is 12.7. The molecule has 5 nitrogen and oxygen atoms in total. The van der Waals surface area contributed by atoms with Crippen molar-refractivity contribution in [2.45, 2.75) is 57.5 Å². The Hall–Kier alpha value is -1.26. The highest BCUT2D eigenvalue weighted by Crippen LogP contribution is 2.36. The van der Waals surface area contributed by atoms with E-state index in [9.17, 15) is 9.59 Å². The normalized spacial score (nSPS) is 30.1. The van der Waals surface area contributed by atoms with Crippen LogP contribution < -0.4 is 0 Å². The summed E-state index contributed by atoms with van der Waals surface area (Å²) in [5.74, 6) is -0.292. The van der Waals surface area contributed by atoms with Crippen LogP contribution in [0, 0.1) is 11.8 Å². The van der Waals surface area contributed by atoms with E-state index in [0.29, 0.717) is 31.3 Å². The molecule has 3 rings (SSSR count). The number of aliphatic carboxylic acids is 1. The van der Waals surface area contributed by atoms with Crippen molar-refractivity contribution in [3.8, 4) is 0 Å². The van der Waals surface area contributed by atoms with Crippen LogP contribution in [0.3, 0.4) is 0 Å². The first-order valence-corrected chi connectivity index (χ1v) is 7.86. The predicted molar refractivity (Wildman–Crippen MR) is 74.4 cm³/mol. The van der Waals surface area contributed by atoms with Gasteiger partial charge < -0.3 is 14.9 Å². The number of carboxylic acid groups (broad SMARTS) is 1. The highest BCUT2D eigenvalue weighted by molar-refractivity contribution is 5.76. The Morgan fingerprint density at radius 1 is 1.20 bits per heavy atom. The number of hydrogen-bond acceptors (Lipinski definition) is 2. The lowest BCUT2D eigenvalue weighted by molar-refractivity contribution is -0.143. The maximum atomic E-state index is 12.7. The second kappa shape index (κ2) is 5.26. The first-order valence-electron chi connectivity index (χ1n) is 7.86. The van der Waals surface area contributed by atoms with E-state index in [2.05, 4.69) is 4.90 Å². The monoisotopic (exact) mass is 280 g/mol. The van der Waals surface area contributed by atoms with Gasteiger partial charge in [-0.05, 0) is 51.4 Å². The molecule has 0 aromatic heterocycles. The molecule has 2 amide bonds. The van der Waals surface area contributed by atoms with E-state index in [1.807, 2.05) is 11.8 Å². The number of carbonyl (C=O) groups excluding carboxylic acids is 1. The van der Waals surface area contributed by atoms with E-state index >= 15 is 0 Å². The highest BCUT2D eigenvalue weighted by Gasteiger charge is 2.41. The van der Waals surface area contributed by atoms with Crippen LogP contribution in [0.15, 0.2) is 0 Å². The molecule has 1 saturated heterocycles. The van der Waals surface area contributed by atoms with Crippen LogP contribution in [0.2, 0.25) is 0 Å². The van der Waals surface area contributed by atoms with Gasteiger partial charge in [0.05, 0.1) is 5.92 Å². The zero-order valence-corrected chi connectivity index (χ0v) is 12.1. The number of carboxylic acids is 1. The molecule has 112 valence electrons. The Morgan fingerprint density at radius 2 is 1.90 bits per heavy atom. The molecule has 0 aromatic carbocycles. The van der Waals surface area contributed by atoms with Gasteiger partial charge in [-0.2, -0.15) is 0 Å². The van der Waals surface area contributed by atoms with Gasteiger partial charge in [-0.25, -0.2) is 4.79 Å². The van der Waals surface area contributed by atoms with Crippen molar-refractivity contribution in [3.63, 3.8) is 0 Å². The minimum atomic E-state index is -0.721. The Balaban J connectivity index is 1.61. The molecule has 0 aromatic rings. The van der Waals surface area contributed by atoms with Crippen LogP contribution in [0.5, 0.6) is 0 Å². The third-order valence-electron chi connectivity index (χ3n) is 4.86. The fourth-order valence-corrected chi connectivity index (χ4v) is 3.19. The Bertz CT molecular complexity index is 404. The average Bonchev–Trinajstić information content (AvgIpc) is 3.26. The second-order valence-corrected chi connectivity index (χ2v) is 6.71. The molecule has 20 heavy (non-hydrogen) atoms. The van der Waals surface area contributed by atoms with Crippen molar-refractivity contribution in [2.75, 3.05) is 13.1 Å². The summed E-state index contributed by atoms with van der Waals surface area (Å²) in [6, 6.07) is 0.640. The molecule has 3 fully saturated rings. The molecular weight excluding hydrogens is 256 g/mol. The molecule has 2 aliphatic carbocycles. The Kier molecular flexibility index (Phi) is 3.61. The van der Waals surface area contributed by atoms with Crippen LogP contribution in [-0.2, 0) is 4.79 Å². The summed E-state index contributed by atoms with van der Waals surface area (Å²) in [6.07, 6.45) is 5.97. The molecule has 0 bridgehead atoms. The van der Waals surface area contributed by atoms with Crippen LogP contribution in [0.4, 0.5) is 4.79 Å². The van der Waals surface area contributed by atoms with Gasteiger partial charge in [0.2, 0.25) is 0 Å². The van der Waals surface area contributed by atoms with Gasteiger partial charge in [0.1, 0.15) is 0 Å². The average molecular weight is 280 g/mol. The van der Waals surface area contributed by atoms with Gasteiger partial charge in [0, 0.05) is 25.2 Å². The molecular formula is C15H24N2O3. The van der Waals surface area contributed by atoms with Gasteiger partial charge in [-0.15, -0.1) is 0 Å². The lowest BCUT2D eigenvalue weighted by Crippen LogP contribution is -2.52. The fourth-order valence-electron chi connectivity index (χ4n) is 3.19. The third-order valence-corrected chi connectivity index (χ3v) is 4.86. The van der Waals surface area contributed by atoms with Gasteiger partial charge >= 0.3 is 12.0 Å². The van der Waals surface area contributed by atoms with Crippen molar-refractivity contribution < 1.29 is 14.7 Å². The minimum absolute atomic E-state index is 0.0396. The van der Waals surface area contributed by atoms with Crippen molar-refractivity contribution in [3.05, 3.63) is 0 Å². The van der Waals surface area contributed by atoms with E-state index in [0.717, 1.165) is 19.4 Å². The molecule has 2 atom stereocenters. The summed E-state index contributed by atoms with van der Waals surface area (Å²) in [5.41, 5.74) is 0. The topological polar surface area (TPSA) is 60.9 Å². The van der Waals surface area contributed by atoms with E-state index in [1.54, 1.807) is 0 Å². The zero-order chi connectivity index (χ0) is 14.3. The number of nitrogens with zero attached hydrogens (tertiary/aromatic N) is 2. The molecule has 2 saturated carbocycles. The number of hydrogen-bond donors (Lipinski definition) is 1. The molecule has 2 unspecified atom stereocenters. The smallest absolute Gasteiger partial charge is 0.320 e. The maximum Gasteiger partial charge on any atom is 0.320 e. The van der Waals surface area contributed by atoms with Crippen molar-refractivity contribution in [1.29, 1.82) is 0 Å². The summed E-state index contributed by atoms with van der Waals surface area (Å²) < 4.78 is 0. The lowest BCUT2D eigenvalue weighted by Gasteiger charge is -2.39. The van der Waals surface area contributed by atoms with Gasteiger partial charge in [-0.1, -0.05) is 0 Å². The minimum Gasteiger partial charge on any atom is -0.481 e. The number of amides is 2. The SMILES string of the molecule is CC1CC(C(=O)O)CCN1C(=O)N(CC1CC1)C1CC1. The van der Waals surface area contributed by atoms with Crippen LogP contribution in [-0.4, -0.2) is 52.1 Å². The number of urea groups is 1. The van der Waals surface area contributed by atoms with Gasteiger partial charge in [-0.3, -0.25) is 4.79 Å². The van der Waals surface area contributed by atoms with Crippen molar-refractivity contribution in [2.24, 2.45) is 11.8 Å². The van der Waals surface area contributed by atoms with Crippen molar-refractivity contribution >= 4 is 12.0 Å². The van der Waals surface area contributed by atoms with Crippen LogP contribution >= 0.6 is 0 Å². The summed E-state index contributed by atoms with van der Waals surface area (Å²) in [4.78, 5) is 27.8. The van der Waals surface area contributed by atoms with Gasteiger partial charge in [0.15, 0.2) is 0 Å². The second-order valence-electron chi connectivity index (χ2n) is 6.71. The fraction of sp³-hybridized carbons (Fsp3) is 0.867. The predicted octanol–water partition coefficient (Wildman–Crippen LogP) is 2.17. The van der Waals surface area contributed by atoms with E-state index < -0.39 is 5.97 Å². The molecule has 5 heteroatoms. The van der Waals surface area contributed by atoms with Crippen LogP contribution in [0.25, 0.3) is 0 Å². The number of piperidine rings is 1. The summed E-state index contributed by atoms with van der Waals surface area (Å²) in [5, 5.41) is 9.10. The zero-order valence-electron chi connectivity index (χ0n) is 12.1. The Labute approximate surface area is 119 Å². The number of rotatable bonds is 4. The standard InChI is InChI=1S/C15H24N2O3/c1-10-8-12(14(18)19)6-7-16(10)15(20)17(13-4-5-13)9-11-2-3-11/h10-13H,2-9H2,1H3,(H,18,19). The first-order chi connectivity index (χ1) is 9.56. The lowest BCUT2D eigenvalue weighted by atomic mass is 9.92. The number of likely N-dealkylation sites (tertiary alicyclic amines) is 1. The molecule has 1 N–H and O–H groups in total. The quantitative estimate of drug-likeness (QED) is 0.858. The molecule has 3 aliphatic rings. The first kappa shape index (κ1) is 13.7. The molecule has 0 spiro atoms. The van der Waals surface area contributed by atoms with Crippen LogP contribution in [0.1, 0.15) is 45.4 Å². The molecule has 1 aliphatic heterocycles. The van der Waals surface area contributed by atoms with E-state index in [1.165, 1.54) is 12.8 Å². The molecule has 1 heterocycles. The highest BCUT2D eigenvalue weighted by atomic mass is 16.4. The van der Waals surface area contributed by atoms with Gasteiger partial charge in [0.25, 0.3) is 0 Å². The summed E-state index contributed by atoms with van der Waals surface area (Å²) >= 11 is 0. The molecule has 0 radical (unpaired) electrons. The van der Waals surface area contributed by atoms with E-state index in [-0.39, 0.29) is 18.0 Å². The summed E-state index contributed by atoms with van der Waals surface area (Å²) in [7, 11) is 0. The van der Waals surface area contributed by atoms with E-state index in [4.69, 9.17) is 5.11 Å².